The van der Waals surface area contributed by atoms with Crippen LogP contribution in [0.5, 0.6) is 0 Å². The first-order chi connectivity index (χ1) is 3.21. The average molecular weight is 148 g/mol. The Morgan fingerprint density at radius 3 is 2.12 bits per heavy atom. The summed E-state index contributed by atoms with van der Waals surface area (Å²) in [5, 5.41) is 7.56. The summed E-state index contributed by atoms with van der Waals surface area (Å²) in [6, 6.07) is 0. The summed E-state index contributed by atoms with van der Waals surface area (Å²) in [4.78, 5) is 0. The van der Waals surface area contributed by atoms with Crippen molar-refractivity contribution >= 4 is 0 Å². The van der Waals surface area contributed by atoms with E-state index in [9.17, 15) is 0 Å². The maximum absolute atomic E-state index is 3.88. The third-order valence-corrected chi connectivity index (χ3v) is 0.865. The van der Waals surface area contributed by atoms with E-state index in [0.29, 0.717) is 0 Å². The van der Waals surface area contributed by atoms with Gasteiger partial charge in [0.15, 0.2) is 0 Å². The van der Waals surface area contributed by atoms with Crippen LogP contribution in [0.2, 0.25) is 0 Å². The Labute approximate surface area is 59.8 Å². The van der Waals surface area contributed by atoms with Crippen molar-refractivity contribution in [2.75, 3.05) is 0 Å². The zero-order chi connectivity index (χ0) is 5.33. The fourth-order valence-electron chi connectivity index (χ4n) is 0.431. The molecule has 0 spiro atoms. The molecule has 2 nitrogen and oxygen atoms in total. The zero-order valence-corrected chi connectivity index (χ0v) is 6.23. The Hall–Kier alpha value is -0.128. The van der Waals surface area contributed by atoms with E-state index < -0.39 is 0 Å². The minimum absolute atomic E-state index is 0. The summed E-state index contributed by atoms with van der Waals surface area (Å²) in [5.41, 5.74) is -0.0278. The van der Waals surface area contributed by atoms with Gasteiger partial charge in [-0.2, -0.15) is 10.2 Å². The SMILES string of the molecule is CC1(C)C=CN=N1.[Cr]. The minimum Gasteiger partial charge on any atom is -0.179 e. The van der Waals surface area contributed by atoms with Crippen LogP contribution < -0.4 is 0 Å². The van der Waals surface area contributed by atoms with Gasteiger partial charge in [0.05, 0.1) is 5.54 Å². The Bertz CT molecular complexity index is 112. The second-order valence-electron chi connectivity index (χ2n) is 2.18. The fourth-order valence-corrected chi connectivity index (χ4v) is 0.431. The zero-order valence-electron chi connectivity index (χ0n) is 4.96. The van der Waals surface area contributed by atoms with Crippen LogP contribution in [-0.4, -0.2) is 5.54 Å². The molecule has 0 N–H and O–H groups in total. The Morgan fingerprint density at radius 1 is 1.38 bits per heavy atom. The third kappa shape index (κ3) is 1.77. The Morgan fingerprint density at radius 2 is 2.00 bits per heavy atom. The molecule has 1 aliphatic heterocycles. The molecule has 0 unspecified atom stereocenters. The van der Waals surface area contributed by atoms with Gasteiger partial charge in [-0.1, -0.05) is 0 Å². The van der Waals surface area contributed by atoms with Crippen LogP contribution >= 0.6 is 0 Å². The van der Waals surface area contributed by atoms with Crippen LogP contribution in [0.1, 0.15) is 13.8 Å². The molecule has 0 aromatic carbocycles. The number of hydrogen-bond acceptors (Lipinski definition) is 2. The van der Waals surface area contributed by atoms with Gasteiger partial charge in [-0.05, 0) is 19.9 Å². The summed E-state index contributed by atoms with van der Waals surface area (Å²) < 4.78 is 0. The van der Waals surface area contributed by atoms with Gasteiger partial charge in [-0.3, -0.25) is 0 Å². The molecule has 0 aromatic heterocycles. The topological polar surface area (TPSA) is 24.7 Å². The molecule has 0 saturated heterocycles. The molecule has 0 aliphatic carbocycles. The summed E-state index contributed by atoms with van der Waals surface area (Å²) >= 11 is 0. The predicted octanol–water partition coefficient (Wildman–Crippen LogP) is 1.74. The molecule has 0 atom stereocenters. The van der Waals surface area contributed by atoms with Gasteiger partial charge in [0.2, 0.25) is 0 Å². The second-order valence-corrected chi connectivity index (χ2v) is 2.18. The smallest absolute Gasteiger partial charge is 0.0962 e. The van der Waals surface area contributed by atoms with E-state index in [1.165, 1.54) is 0 Å². The fraction of sp³-hybridized carbons (Fsp3) is 0.600. The molecule has 1 heterocycles. The van der Waals surface area contributed by atoms with E-state index in [1.807, 2.05) is 19.9 Å². The molecule has 0 radical (unpaired) electrons. The average Bonchev–Trinajstić information content (AvgIpc) is 1.84. The van der Waals surface area contributed by atoms with Crippen molar-refractivity contribution in [3.05, 3.63) is 12.3 Å². The minimum atomic E-state index is -0.0278. The summed E-state index contributed by atoms with van der Waals surface area (Å²) in [6.07, 6.45) is 3.69. The molecular weight excluding hydrogens is 140 g/mol. The molecule has 0 saturated carbocycles. The number of nitrogens with zero attached hydrogens (tertiary/aromatic N) is 2. The first-order valence-corrected chi connectivity index (χ1v) is 2.30. The molecule has 1 rings (SSSR count). The van der Waals surface area contributed by atoms with Crippen molar-refractivity contribution in [1.82, 2.24) is 0 Å². The van der Waals surface area contributed by atoms with Gasteiger partial charge >= 0.3 is 0 Å². The second kappa shape index (κ2) is 2.43. The van der Waals surface area contributed by atoms with E-state index in [2.05, 4.69) is 10.2 Å². The first-order valence-electron chi connectivity index (χ1n) is 2.30. The van der Waals surface area contributed by atoms with E-state index in [1.54, 1.807) is 6.20 Å². The van der Waals surface area contributed by atoms with Crippen molar-refractivity contribution in [3.63, 3.8) is 0 Å². The maximum atomic E-state index is 3.88. The van der Waals surface area contributed by atoms with Crippen molar-refractivity contribution in [3.8, 4) is 0 Å². The van der Waals surface area contributed by atoms with Crippen LogP contribution in [0.3, 0.4) is 0 Å². The van der Waals surface area contributed by atoms with Crippen LogP contribution in [0.15, 0.2) is 22.5 Å². The van der Waals surface area contributed by atoms with Gasteiger partial charge in [-0.15, -0.1) is 0 Å². The van der Waals surface area contributed by atoms with E-state index >= 15 is 0 Å². The monoisotopic (exact) mass is 148 g/mol. The molecule has 3 heteroatoms. The van der Waals surface area contributed by atoms with E-state index in [4.69, 9.17) is 0 Å². The predicted molar refractivity (Wildman–Crippen MR) is 28.1 cm³/mol. The van der Waals surface area contributed by atoms with Crippen LogP contribution in [-0.2, 0) is 17.4 Å². The third-order valence-electron chi connectivity index (χ3n) is 0.865. The summed E-state index contributed by atoms with van der Waals surface area (Å²) in [5.74, 6) is 0. The van der Waals surface area contributed by atoms with Crippen molar-refractivity contribution < 1.29 is 17.4 Å². The van der Waals surface area contributed by atoms with Crippen LogP contribution in [0, 0.1) is 0 Å². The Balaban J connectivity index is 0.000000490. The molecular formula is C5H8CrN2. The molecule has 44 valence electrons. The van der Waals surface area contributed by atoms with Gasteiger partial charge in [0.25, 0.3) is 0 Å². The van der Waals surface area contributed by atoms with Gasteiger partial charge in [0, 0.05) is 23.6 Å². The van der Waals surface area contributed by atoms with E-state index in [-0.39, 0.29) is 22.9 Å². The largest absolute Gasteiger partial charge is 0.179 e. The van der Waals surface area contributed by atoms with Crippen molar-refractivity contribution in [2.45, 2.75) is 19.4 Å². The quantitative estimate of drug-likeness (QED) is 0.500. The van der Waals surface area contributed by atoms with Crippen LogP contribution in [0.4, 0.5) is 0 Å². The first kappa shape index (κ1) is 7.87. The van der Waals surface area contributed by atoms with Crippen molar-refractivity contribution in [1.29, 1.82) is 0 Å². The molecule has 8 heavy (non-hydrogen) atoms. The molecule has 1 aliphatic rings. The number of rotatable bonds is 0. The number of hydrogen-bond donors (Lipinski definition) is 0. The normalized spacial score (nSPS) is 20.8. The summed E-state index contributed by atoms with van der Waals surface area (Å²) in [7, 11) is 0. The number of azo groups is 1. The standard InChI is InChI=1S/C5H8N2.Cr/c1-5(2)3-4-6-7-5;/h3-4H,1-2H3;. The van der Waals surface area contributed by atoms with Crippen LogP contribution in [0.25, 0.3) is 0 Å². The molecule has 0 bridgehead atoms. The van der Waals surface area contributed by atoms with Gasteiger partial charge in [0.1, 0.15) is 0 Å². The summed E-state index contributed by atoms with van der Waals surface area (Å²) in [6.45, 7) is 4.03. The molecule has 0 fully saturated rings. The maximum Gasteiger partial charge on any atom is 0.0962 e. The van der Waals surface area contributed by atoms with Gasteiger partial charge < -0.3 is 0 Å². The molecule has 0 amide bonds. The van der Waals surface area contributed by atoms with Gasteiger partial charge in [-0.25, -0.2) is 0 Å². The Kier molecular flexibility index (Phi) is 2.39. The van der Waals surface area contributed by atoms with Crippen molar-refractivity contribution in [2.24, 2.45) is 10.2 Å². The molecule has 0 aromatic rings. The van der Waals surface area contributed by atoms with E-state index in [0.717, 1.165) is 0 Å².